The van der Waals surface area contributed by atoms with E-state index in [0.29, 0.717) is 5.75 Å². The highest BCUT2D eigenvalue weighted by Crippen LogP contribution is 2.33. The van der Waals surface area contributed by atoms with Gasteiger partial charge in [0.05, 0.1) is 0 Å². The second-order valence-electron chi connectivity index (χ2n) is 3.81. The summed E-state index contributed by atoms with van der Waals surface area (Å²) in [4.78, 5) is 2.21. The van der Waals surface area contributed by atoms with Gasteiger partial charge < -0.3 is 10.0 Å². The van der Waals surface area contributed by atoms with Crippen LogP contribution in [-0.2, 0) is 6.42 Å². The Labute approximate surface area is 78.8 Å². The Kier molecular flexibility index (Phi) is 1.91. The number of anilines is 1. The third-order valence-electron chi connectivity index (χ3n) is 2.68. The van der Waals surface area contributed by atoms with Crippen LogP contribution in [0.4, 0.5) is 5.69 Å². The predicted molar refractivity (Wildman–Crippen MR) is 54.4 cm³/mol. The first kappa shape index (κ1) is 8.42. The van der Waals surface area contributed by atoms with E-state index in [1.807, 2.05) is 13.0 Å². The lowest BCUT2D eigenvalue weighted by atomic mass is 9.99. The van der Waals surface area contributed by atoms with E-state index in [-0.39, 0.29) is 0 Å². The summed E-state index contributed by atoms with van der Waals surface area (Å²) in [6.45, 7) is 3.11. The lowest BCUT2D eigenvalue weighted by molar-refractivity contribution is 0.465. The summed E-state index contributed by atoms with van der Waals surface area (Å²) in [6, 6.07) is 3.99. The molecule has 0 fully saturated rings. The fourth-order valence-corrected chi connectivity index (χ4v) is 1.99. The molecule has 1 N–H and O–H groups in total. The highest BCUT2D eigenvalue weighted by atomic mass is 16.3. The number of aromatic hydroxyl groups is 1. The van der Waals surface area contributed by atoms with Gasteiger partial charge in [-0.2, -0.15) is 0 Å². The maximum Gasteiger partial charge on any atom is 0.121 e. The average molecular weight is 177 g/mol. The van der Waals surface area contributed by atoms with Crippen molar-refractivity contribution in [3.63, 3.8) is 0 Å². The lowest BCUT2D eigenvalue weighted by Crippen LogP contribution is -2.24. The van der Waals surface area contributed by atoms with E-state index in [4.69, 9.17) is 0 Å². The molecule has 0 saturated carbocycles. The van der Waals surface area contributed by atoms with Gasteiger partial charge in [0.1, 0.15) is 5.75 Å². The van der Waals surface area contributed by atoms with Crippen molar-refractivity contribution >= 4 is 5.69 Å². The molecule has 13 heavy (non-hydrogen) atoms. The van der Waals surface area contributed by atoms with Gasteiger partial charge in [-0.05, 0) is 37.5 Å². The zero-order chi connectivity index (χ0) is 9.42. The van der Waals surface area contributed by atoms with Crippen LogP contribution in [0.2, 0.25) is 0 Å². The second-order valence-corrected chi connectivity index (χ2v) is 3.81. The molecule has 0 saturated heterocycles. The highest BCUT2D eigenvalue weighted by Gasteiger charge is 2.16. The summed E-state index contributed by atoms with van der Waals surface area (Å²) >= 11 is 0. The van der Waals surface area contributed by atoms with Gasteiger partial charge in [0.2, 0.25) is 0 Å². The summed E-state index contributed by atoms with van der Waals surface area (Å²) in [5.41, 5.74) is 3.44. The molecule has 0 bridgehead atoms. The molecule has 0 unspecified atom stereocenters. The van der Waals surface area contributed by atoms with E-state index in [1.165, 1.54) is 5.69 Å². The number of rotatable bonds is 0. The minimum atomic E-state index is 0.460. The zero-order valence-corrected chi connectivity index (χ0v) is 8.17. The number of fused-ring (bicyclic) bond motifs is 1. The Hall–Kier alpha value is -1.18. The number of phenolic OH excluding ortho intramolecular Hbond substituents is 1. The molecule has 2 nitrogen and oxygen atoms in total. The minimum Gasteiger partial charge on any atom is -0.508 e. The quantitative estimate of drug-likeness (QED) is 0.656. The molecule has 0 atom stereocenters. The molecule has 0 spiro atoms. The van der Waals surface area contributed by atoms with Crippen molar-refractivity contribution in [2.75, 3.05) is 18.5 Å². The van der Waals surface area contributed by atoms with Gasteiger partial charge in [0, 0.05) is 24.8 Å². The van der Waals surface area contributed by atoms with Crippen LogP contribution in [0.3, 0.4) is 0 Å². The molecular formula is C11H15NO. The molecule has 1 aromatic rings. The molecule has 2 heteroatoms. The van der Waals surface area contributed by atoms with E-state index in [1.54, 1.807) is 0 Å². The molecule has 0 aromatic heterocycles. The predicted octanol–water partition coefficient (Wildman–Crippen LogP) is 2.08. The largest absolute Gasteiger partial charge is 0.508 e. The molecular weight excluding hydrogens is 162 g/mol. The SMILES string of the molecule is Cc1cc(O)c2c(c1)N(C)CCC2. The first-order chi connectivity index (χ1) is 6.18. The Balaban J connectivity index is 2.56. The van der Waals surface area contributed by atoms with Crippen molar-refractivity contribution in [1.82, 2.24) is 0 Å². The third-order valence-corrected chi connectivity index (χ3v) is 2.68. The number of phenols is 1. The van der Waals surface area contributed by atoms with Crippen LogP contribution in [0.5, 0.6) is 5.75 Å². The van der Waals surface area contributed by atoms with E-state index in [0.717, 1.165) is 30.5 Å². The number of aryl methyl sites for hydroxylation is 1. The molecule has 1 aromatic carbocycles. The summed E-state index contributed by atoms with van der Waals surface area (Å²) in [5.74, 6) is 0.460. The van der Waals surface area contributed by atoms with E-state index in [2.05, 4.69) is 18.0 Å². The molecule has 1 aliphatic rings. The van der Waals surface area contributed by atoms with Gasteiger partial charge in [0.25, 0.3) is 0 Å². The number of benzene rings is 1. The van der Waals surface area contributed by atoms with E-state index in [9.17, 15) is 5.11 Å². The van der Waals surface area contributed by atoms with Gasteiger partial charge in [-0.3, -0.25) is 0 Å². The van der Waals surface area contributed by atoms with Gasteiger partial charge in [-0.25, -0.2) is 0 Å². The Morgan fingerprint density at radius 3 is 2.92 bits per heavy atom. The summed E-state index contributed by atoms with van der Waals surface area (Å²) in [5, 5.41) is 9.73. The molecule has 0 amide bonds. The lowest BCUT2D eigenvalue weighted by Gasteiger charge is -2.28. The molecule has 0 aliphatic carbocycles. The van der Waals surface area contributed by atoms with Crippen LogP contribution in [0.25, 0.3) is 0 Å². The van der Waals surface area contributed by atoms with Gasteiger partial charge in [0.15, 0.2) is 0 Å². The normalized spacial score (nSPS) is 15.7. The smallest absolute Gasteiger partial charge is 0.121 e. The summed E-state index contributed by atoms with van der Waals surface area (Å²) in [7, 11) is 2.08. The van der Waals surface area contributed by atoms with Gasteiger partial charge in [-0.15, -0.1) is 0 Å². The first-order valence-corrected chi connectivity index (χ1v) is 4.72. The topological polar surface area (TPSA) is 23.5 Å². The van der Waals surface area contributed by atoms with Crippen LogP contribution in [0, 0.1) is 6.92 Å². The van der Waals surface area contributed by atoms with Crippen molar-refractivity contribution < 1.29 is 5.11 Å². The van der Waals surface area contributed by atoms with Crippen LogP contribution in [-0.4, -0.2) is 18.7 Å². The monoisotopic (exact) mass is 177 g/mol. The Morgan fingerprint density at radius 1 is 1.38 bits per heavy atom. The summed E-state index contributed by atoms with van der Waals surface area (Å²) < 4.78 is 0. The fraction of sp³-hybridized carbons (Fsp3) is 0.455. The summed E-state index contributed by atoms with van der Waals surface area (Å²) in [6.07, 6.45) is 2.14. The van der Waals surface area contributed by atoms with Crippen molar-refractivity contribution in [3.05, 3.63) is 23.3 Å². The fourth-order valence-electron chi connectivity index (χ4n) is 1.99. The van der Waals surface area contributed by atoms with Crippen LogP contribution in [0.15, 0.2) is 12.1 Å². The zero-order valence-electron chi connectivity index (χ0n) is 8.17. The average Bonchev–Trinajstić information content (AvgIpc) is 2.07. The number of nitrogens with zero attached hydrogens (tertiary/aromatic N) is 1. The Bertz CT molecular complexity index is 333. The molecule has 70 valence electrons. The van der Waals surface area contributed by atoms with Crippen molar-refractivity contribution in [2.24, 2.45) is 0 Å². The standard InChI is InChI=1S/C11H15NO/c1-8-6-10-9(11(13)7-8)4-3-5-12(10)2/h6-7,13H,3-5H2,1-2H3. The second kappa shape index (κ2) is 2.95. The molecule has 1 aliphatic heterocycles. The van der Waals surface area contributed by atoms with Gasteiger partial charge >= 0.3 is 0 Å². The number of hydrogen-bond donors (Lipinski definition) is 1. The van der Waals surface area contributed by atoms with E-state index < -0.39 is 0 Å². The third kappa shape index (κ3) is 1.37. The van der Waals surface area contributed by atoms with E-state index >= 15 is 0 Å². The van der Waals surface area contributed by atoms with Crippen LogP contribution < -0.4 is 4.90 Å². The first-order valence-electron chi connectivity index (χ1n) is 4.72. The highest BCUT2D eigenvalue weighted by molar-refractivity contribution is 5.61. The Morgan fingerprint density at radius 2 is 2.15 bits per heavy atom. The number of hydrogen-bond acceptors (Lipinski definition) is 2. The van der Waals surface area contributed by atoms with Crippen molar-refractivity contribution in [3.8, 4) is 5.75 Å². The van der Waals surface area contributed by atoms with Crippen molar-refractivity contribution in [2.45, 2.75) is 19.8 Å². The van der Waals surface area contributed by atoms with Crippen LogP contribution in [0.1, 0.15) is 17.5 Å². The van der Waals surface area contributed by atoms with Crippen LogP contribution >= 0.6 is 0 Å². The maximum absolute atomic E-state index is 9.73. The maximum atomic E-state index is 9.73. The molecule has 1 heterocycles. The van der Waals surface area contributed by atoms with Gasteiger partial charge in [-0.1, -0.05) is 0 Å². The molecule has 0 radical (unpaired) electrons. The molecule has 2 rings (SSSR count). The van der Waals surface area contributed by atoms with Crippen molar-refractivity contribution in [1.29, 1.82) is 0 Å². The minimum absolute atomic E-state index is 0.460.